The van der Waals surface area contributed by atoms with Crippen molar-refractivity contribution in [3.8, 4) is 5.75 Å². The highest BCUT2D eigenvalue weighted by Gasteiger charge is 2.11. The number of H-pyrrole nitrogens is 1. The number of hydrogen-bond acceptors (Lipinski definition) is 2. The van der Waals surface area contributed by atoms with Crippen LogP contribution in [0, 0.1) is 0 Å². The van der Waals surface area contributed by atoms with Crippen LogP contribution < -0.4 is 0 Å². The van der Waals surface area contributed by atoms with Gasteiger partial charge in [0.2, 0.25) is 0 Å². The summed E-state index contributed by atoms with van der Waals surface area (Å²) in [5, 5.41) is 13.8. The Balaban J connectivity index is 1.62. The largest absolute Gasteiger partial charge is 0.508 e. The second-order valence-electron chi connectivity index (χ2n) is 6.62. The highest BCUT2D eigenvalue weighted by Crippen LogP contribution is 2.31. The van der Waals surface area contributed by atoms with Gasteiger partial charge in [-0.05, 0) is 36.9 Å². The minimum Gasteiger partial charge on any atom is -0.508 e. The van der Waals surface area contributed by atoms with E-state index < -0.39 is 0 Å². The van der Waals surface area contributed by atoms with Crippen LogP contribution in [0.5, 0.6) is 5.75 Å². The first kappa shape index (κ1) is 17.2. The molecule has 4 rings (SSSR count). The molecule has 2 N–H and O–H groups in total. The van der Waals surface area contributed by atoms with Crippen molar-refractivity contribution in [3.05, 3.63) is 75.8 Å². The van der Waals surface area contributed by atoms with E-state index in [1.807, 2.05) is 43.4 Å². The van der Waals surface area contributed by atoms with Gasteiger partial charge in [-0.25, -0.2) is 0 Å². The third-order valence-electron chi connectivity index (χ3n) is 4.58. The van der Waals surface area contributed by atoms with E-state index in [4.69, 9.17) is 23.2 Å². The summed E-state index contributed by atoms with van der Waals surface area (Å²) in [6.45, 7) is 1.34. The summed E-state index contributed by atoms with van der Waals surface area (Å²) in [5.41, 5.74) is 3.99. The van der Waals surface area contributed by atoms with E-state index in [0.29, 0.717) is 28.9 Å². The fourth-order valence-corrected chi connectivity index (χ4v) is 3.68. The average molecular weight is 385 g/mol. The lowest BCUT2D eigenvalue weighted by atomic mass is 10.1. The first-order valence-corrected chi connectivity index (χ1v) is 9.11. The van der Waals surface area contributed by atoms with E-state index in [0.717, 1.165) is 32.9 Å². The van der Waals surface area contributed by atoms with Gasteiger partial charge in [0.05, 0.1) is 15.6 Å². The molecule has 0 spiro atoms. The lowest BCUT2D eigenvalue weighted by Gasteiger charge is -2.18. The van der Waals surface area contributed by atoms with Crippen LogP contribution in [-0.4, -0.2) is 22.0 Å². The maximum absolute atomic E-state index is 10.4. The van der Waals surface area contributed by atoms with E-state index in [1.54, 1.807) is 6.07 Å². The molecular weight excluding hydrogens is 367 g/mol. The Labute approximate surface area is 161 Å². The summed E-state index contributed by atoms with van der Waals surface area (Å²) < 4.78 is 0. The molecule has 0 aliphatic heterocycles. The van der Waals surface area contributed by atoms with Crippen molar-refractivity contribution >= 4 is 45.0 Å². The lowest BCUT2D eigenvalue weighted by molar-refractivity contribution is 0.313. The molecule has 0 fully saturated rings. The number of halogens is 2. The number of fused-ring (bicyclic) bond motifs is 3. The van der Waals surface area contributed by atoms with Gasteiger partial charge in [0.15, 0.2) is 0 Å². The van der Waals surface area contributed by atoms with E-state index in [1.165, 1.54) is 0 Å². The van der Waals surface area contributed by atoms with Gasteiger partial charge >= 0.3 is 0 Å². The number of rotatable bonds is 4. The number of aromatic amines is 1. The minimum absolute atomic E-state index is 0.296. The summed E-state index contributed by atoms with van der Waals surface area (Å²) >= 11 is 12.1. The molecular formula is C21H18Cl2N2O. The van der Waals surface area contributed by atoms with Gasteiger partial charge in [-0.3, -0.25) is 4.90 Å². The van der Waals surface area contributed by atoms with Gasteiger partial charge < -0.3 is 10.1 Å². The summed E-state index contributed by atoms with van der Waals surface area (Å²) in [7, 11) is 2.02. The molecule has 0 saturated carbocycles. The Hall–Kier alpha value is -2.20. The van der Waals surface area contributed by atoms with E-state index in [2.05, 4.69) is 22.0 Å². The normalized spacial score (nSPS) is 11.7. The van der Waals surface area contributed by atoms with Crippen LogP contribution in [0.25, 0.3) is 21.8 Å². The SMILES string of the molecule is CN(Cc1ccc(Cl)c(Cl)c1)Cc1cc2c(cc1O)[nH]c1ccccc12. The molecule has 1 heterocycles. The monoisotopic (exact) mass is 384 g/mol. The van der Waals surface area contributed by atoms with Crippen LogP contribution in [0.2, 0.25) is 10.0 Å². The first-order chi connectivity index (χ1) is 12.5. The molecule has 1 aromatic heterocycles. The Morgan fingerprint density at radius 2 is 1.69 bits per heavy atom. The smallest absolute Gasteiger partial charge is 0.122 e. The summed E-state index contributed by atoms with van der Waals surface area (Å²) in [6.07, 6.45) is 0. The second kappa shape index (κ2) is 6.84. The Morgan fingerprint density at radius 3 is 2.50 bits per heavy atom. The number of aromatic nitrogens is 1. The van der Waals surface area contributed by atoms with Gasteiger partial charge in [0, 0.05) is 41.0 Å². The number of para-hydroxylation sites is 1. The van der Waals surface area contributed by atoms with Gasteiger partial charge in [0.25, 0.3) is 0 Å². The highest BCUT2D eigenvalue weighted by molar-refractivity contribution is 6.42. The molecule has 0 saturated heterocycles. The van der Waals surface area contributed by atoms with Crippen LogP contribution in [-0.2, 0) is 13.1 Å². The molecule has 0 amide bonds. The molecule has 26 heavy (non-hydrogen) atoms. The molecule has 132 valence electrons. The van der Waals surface area contributed by atoms with E-state index in [9.17, 15) is 5.11 Å². The molecule has 0 unspecified atom stereocenters. The average Bonchev–Trinajstić information content (AvgIpc) is 2.96. The van der Waals surface area contributed by atoms with Gasteiger partial charge in [-0.1, -0.05) is 47.5 Å². The van der Waals surface area contributed by atoms with Crippen molar-refractivity contribution < 1.29 is 5.11 Å². The zero-order valence-electron chi connectivity index (χ0n) is 14.3. The van der Waals surface area contributed by atoms with Crippen LogP contribution in [0.15, 0.2) is 54.6 Å². The quantitative estimate of drug-likeness (QED) is 0.455. The van der Waals surface area contributed by atoms with E-state index >= 15 is 0 Å². The van der Waals surface area contributed by atoms with Crippen molar-refractivity contribution in [1.29, 1.82) is 0 Å². The molecule has 0 aliphatic carbocycles. The zero-order chi connectivity index (χ0) is 18.3. The van der Waals surface area contributed by atoms with Crippen LogP contribution in [0.1, 0.15) is 11.1 Å². The van der Waals surface area contributed by atoms with Gasteiger partial charge in [-0.15, -0.1) is 0 Å². The number of benzene rings is 3. The fourth-order valence-electron chi connectivity index (χ4n) is 3.35. The Kier molecular flexibility index (Phi) is 4.53. The second-order valence-corrected chi connectivity index (χ2v) is 7.43. The number of nitrogens with zero attached hydrogens (tertiary/aromatic N) is 1. The van der Waals surface area contributed by atoms with Gasteiger partial charge in [-0.2, -0.15) is 0 Å². The third kappa shape index (κ3) is 3.26. The standard InChI is InChI=1S/C21H18Cl2N2O/c1-25(11-13-6-7-17(22)18(23)8-13)12-14-9-16-15-4-2-3-5-19(15)24-20(16)10-21(14)26/h2-10,24,26H,11-12H2,1H3. The van der Waals surface area contributed by atoms with Crippen LogP contribution in [0.4, 0.5) is 0 Å². The van der Waals surface area contributed by atoms with Crippen molar-refractivity contribution in [2.45, 2.75) is 13.1 Å². The third-order valence-corrected chi connectivity index (χ3v) is 5.32. The molecule has 0 aliphatic rings. The molecule has 3 aromatic carbocycles. The summed E-state index contributed by atoms with van der Waals surface area (Å²) in [5.74, 6) is 0.296. The van der Waals surface area contributed by atoms with Gasteiger partial charge in [0.1, 0.15) is 5.75 Å². The number of hydrogen-bond donors (Lipinski definition) is 2. The number of phenols is 1. The topological polar surface area (TPSA) is 39.3 Å². The summed E-state index contributed by atoms with van der Waals surface area (Å²) in [4.78, 5) is 5.48. The predicted octanol–water partition coefficient (Wildman–Crippen LogP) is 5.97. The predicted molar refractivity (Wildman–Crippen MR) is 109 cm³/mol. The maximum Gasteiger partial charge on any atom is 0.122 e. The number of phenolic OH excluding ortho intramolecular Hbond substituents is 1. The number of aromatic hydroxyl groups is 1. The zero-order valence-corrected chi connectivity index (χ0v) is 15.8. The minimum atomic E-state index is 0.296. The lowest BCUT2D eigenvalue weighted by Crippen LogP contribution is -2.17. The Morgan fingerprint density at radius 1 is 0.885 bits per heavy atom. The van der Waals surface area contributed by atoms with Crippen molar-refractivity contribution in [2.75, 3.05) is 7.05 Å². The molecule has 0 radical (unpaired) electrons. The van der Waals surface area contributed by atoms with Crippen LogP contribution in [0.3, 0.4) is 0 Å². The highest BCUT2D eigenvalue weighted by atomic mass is 35.5. The molecule has 3 nitrogen and oxygen atoms in total. The fraction of sp³-hybridized carbons (Fsp3) is 0.143. The van der Waals surface area contributed by atoms with Crippen molar-refractivity contribution in [1.82, 2.24) is 9.88 Å². The van der Waals surface area contributed by atoms with Crippen molar-refractivity contribution in [3.63, 3.8) is 0 Å². The van der Waals surface area contributed by atoms with Crippen molar-refractivity contribution in [2.24, 2.45) is 0 Å². The van der Waals surface area contributed by atoms with E-state index in [-0.39, 0.29) is 0 Å². The molecule has 0 bridgehead atoms. The molecule has 5 heteroatoms. The maximum atomic E-state index is 10.4. The molecule has 0 atom stereocenters. The first-order valence-electron chi connectivity index (χ1n) is 8.36. The van der Waals surface area contributed by atoms with Crippen LogP contribution >= 0.6 is 23.2 Å². The molecule has 4 aromatic rings. The number of nitrogens with one attached hydrogen (secondary N) is 1. The Bertz CT molecular complexity index is 1100. The summed E-state index contributed by atoms with van der Waals surface area (Å²) in [6, 6.07) is 17.7.